The zero-order valence-corrected chi connectivity index (χ0v) is 19.3. The Bertz CT molecular complexity index is 1050. The summed E-state index contributed by atoms with van der Waals surface area (Å²) in [6.45, 7) is 6.74. The first-order valence-electron chi connectivity index (χ1n) is 11.5. The lowest BCUT2D eigenvalue weighted by atomic mass is 9.97. The van der Waals surface area contributed by atoms with E-state index in [0.717, 1.165) is 42.2 Å². The number of rotatable bonds is 8. The van der Waals surface area contributed by atoms with Crippen molar-refractivity contribution in [1.82, 2.24) is 15.3 Å². The predicted octanol–water partition coefficient (Wildman–Crippen LogP) is 4.46. The van der Waals surface area contributed by atoms with Crippen LogP contribution in [-0.2, 0) is 11.3 Å². The SMILES string of the molecule is CCOc1ccc(Nc2nccc(N3CCCC(C(=O)NCc4ccc(C)cc4)C3)n2)cc1. The van der Waals surface area contributed by atoms with Crippen molar-refractivity contribution in [2.24, 2.45) is 5.92 Å². The summed E-state index contributed by atoms with van der Waals surface area (Å²) in [7, 11) is 0. The average molecular weight is 446 g/mol. The van der Waals surface area contributed by atoms with Crippen molar-refractivity contribution in [2.45, 2.75) is 33.2 Å². The van der Waals surface area contributed by atoms with Crippen LogP contribution >= 0.6 is 0 Å². The van der Waals surface area contributed by atoms with Crippen molar-refractivity contribution < 1.29 is 9.53 Å². The van der Waals surface area contributed by atoms with E-state index in [2.05, 4.69) is 56.7 Å². The van der Waals surface area contributed by atoms with E-state index in [1.165, 1.54) is 5.56 Å². The van der Waals surface area contributed by atoms with Gasteiger partial charge in [0, 0.05) is 31.5 Å². The summed E-state index contributed by atoms with van der Waals surface area (Å²) in [4.78, 5) is 24.0. The zero-order valence-electron chi connectivity index (χ0n) is 19.3. The van der Waals surface area contributed by atoms with Crippen LogP contribution in [-0.4, -0.2) is 35.6 Å². The molecule has 7 nitrogen and oxygen atoms in total. The van der Waals surface area contributed by atoms with E-state index in [1.807, 2.05) is 37.3 Å². The molecule has 2 heterocycles. The molecule has 1 saturated heterocycles. The van der Waals surface area contributed by atoms with Crippen molar-refractivity contribution in [1.29, 1.82) is 0 Å². The maximum Gasteiger partial charge on any atom is 0.229 e. The Hall–Kier alpha value is -3.61. The molecule has 0 aliphatic carbocycles. The Morgan fingerprint density at radius 3 is 2.67 bits per heavy atom. The van der Waals surface area contributed by atoms with E-state index < -0.39 is 0 Å². The topological polar surface area (TPSA) is 79.4 Å². The van der Waals surface area contributed by atoms with E-state index in [9.17, 15) is 4.79 Å². The Morgan fingerprint density at radius 2 is 1.91 bits per heavy atom. The fourth-order valence-corrected chi connectivity index (χ4v) is 3.95. The minimum atomic E-state index is -0.0540. The monoisotopic (exact) mass is 445 g/mol. The molecule has 1 aliphatic rings. The van der Waals surface area contributed by atoms with Crippen LogP contribution in [0.4, 0.5) is 17.5 Å². The van der Waals surface area contributed by atoms with E-state index in [0.29, 0.717) is 25.6 Å². The maximum atomic E-state index is 12.8. The molecule has 0 spiro atoms. The summed E-state index contributed by atoms with van der Waals surface area (Å²) < 4.78 is 5.49. The standard InChI is InChI=1S/C26H31N5O2/c1-3-33-23-12-10-22(11-13-23)29-26-27-15-14-24(30-26)31-16-4-5-21(18-31)25(32)28-17-20-8-6-19(2)7-9-20/h6-15,21H,3-5,16-18H2,1-2H3,(H,28,32)(H,27,29,30). The number of carbonyl (C=O) groups is 1. The van der Waals surface area contributed by atoms with Crippen LogP contribution in [0.2, 0.25) is 0 Å². The number of amides is 1. The molecule has 0 bridgehead atoms. The van der Waals surface area contributed by atoms with Gasteiger partial charge in [0.1, 0.15) is 11.6 Å². The van der Waals surface area contributed by atoms with Gasteiger partial charge in [-0.05, 0) is 62.6 Å². The lowest BCUT2D eigenvalue weighted by Gasteiger charge is -2.33. The van der Waals surface area contributed by atoms with Crippen LogP contribution in [0, 0.1) is 12.8 Å². The van der Waals surface area contributed by atoms with Gasteiger partial charge in [0.2, 0.25) is 11.9 Å². The summed E-state index contributed by atoms with van der Waals surface area (Å²) in [6, 6.07) is 17.9. The fourth-order valence-electron chi connectivity index (χ4n) is 3.95. The largest absolute Gasteiger partial charge is 0.494 e. The van der Waals surface area contributed by atoms with Gasteiger partial charge in [-0.2, -0.15) is 4.98 Å². The number of benzene rings is 2. The van der Waals surface area contributed by atoms with Crippen LogP contribution in [0.15, 0.2) is 60.8 Å². The fraction of sp³-hybridized carbons (Fsp3) is 0.346. The van der Waals surface area contributed by atoms with Gasteiger partial charge in [-0.25, -0.2) is 4.98 Å². The van der Waals surface area contributed by atoms with Crippen LogP contribution < -0.4 is 20.3 Å². The summed E-state index contributed by atoms with van der Waals surface area (Å²) in [6.07, 6.45) is 3.59. The number of nitrogens with one attached hydrogen (secondary N) is 2. The van der Waals surface area contributed by atoms with Crippen LogP contribution in [0.3, 0.4) is 0 Å². The highest BCUT2D eigenvalue weighted by molar-refractivity contribution is 5.79. The number of anilines is 3. The summed E-state index contributed by atoms with van der Waals surface area (Å²) >= 11 is 0. The molecule has 1 amide bonds. The van der Waals surface area contributed by atoms with Gasteiger partial charge >= 0.3 is 0 Å². The molecule has 33 heavy (non-hydrogen) atoms. The molecule has 3 aromatic rings. The second kappa shape index (κ2) is 10.8. The number of hydrogen-bond donors (Lipinski definition) is 2. The lowest BCUT2D eigenvalue weighted by Crippen LogP contribution is -2.43. The van der Waals surface area contributed by atoms with Gasteiger partial charge in [-0.1, -0.05) is 29.8 Å². The van der Waals surface area contributed by atoms with Gasteiger partial charge in [-0.15, -0.1) is 0 Å². The van der Waals surface area contributed by atoms with Crippen molar-refractivity contribution in [2.75, 3.05) is 29.9 Å². The molecule has 7 heteroatoms. The van der Waals surface area contributed by atoms with Crippen LogP contribution in [0.25, 0.3) is 0 Å². The molecule has 1 fully saturated rings. The summed E-state index contributed by atoms with van der Waals surface area (Å²) in [5, 5.41) is 6.34. The third-order valence-corrected chi connectivity index (χ3v) is 5.77. The molecule has 4 rings (SSSR count). The van der Waals surface area contributed by atoms with Crippen LogP contribution in [0.1, 0.15) is 30.9 Å². The molecule has 2 N–H and O–H groups in total. The smallest absolute Gasteiger partial charge is 0.229 e. The first-order chi connectivity index (χ1) is 16.1. The molecule has 0 radical (unpaired) electrons. The van der Waals surface area contributed by atoms with Gasteiger partial charge in [-0.3, -0.25) is 4.79 Å². The number of nitrogens with zero attached hydrogens (tertiary/aromatic N) is 3. The number of aromatic nitrogens is 2. The molecule has 1 unspecified atom stereocenters. The first-order valence-corrected chi connectivity index (χ1v) is 11.5. The number of carbonyl (C=O) groups excluding carboxylic acids is 1. The Morgan fingerprint density at radius 1 is 1.12 bits per heavy atom. The number of aryl methyl sites for hydroxylation is 1. The third kappa shape index (κ3) is 6.22. The average Bonchev–Trinajstić information content (AvgIpc) is 2.85. The normalized spacial score (nSPS) is 15.7. The highest BCUT2D eigenvalue weighted by Crippen LogP contribution is 2.24. The second-order valence-corrected chi connectivity index (χ2v) is 8.31. The van der Waals surface area contributed by atoms with E-state index >= 15 is 0 Å². The van der Waals surface area contributed by atoms with Crippen molar-refractivity contribution in [3.8, 4) is 5.75 Å². The molecule has 0 saturated carbocycles. The number of hydrogen-bond acceptors (Lipinski definition) is 6. The Kier molecular flexibility index (Phi) is 7.40. The highest BCUT2D eigenvalue weighted by atomic mass is 16.5. The van der Waals surface area contributed by atoms with Crippen molar-refractivity contribution in [3.63, 3.8) is 0 Å². The quantitative estimate of drug-likeness (QED) is 0.533. The Labute approximate surface area is 195 Å². The van der Waals surface area contributed by atoms with Crippen molar-refractivity contribution in [3.05, 3.63) is 71.9 Å². The van der Waals surface area contributed by atoms with Gasteiger partial charge in [0.05, 0.1) is 12.5 Å². The summed E-state index contributed by atoms with van der Waals surface area (Å²) in [5.74, 6) is 2.23. The second-order valence-electron chi connectivity index (χ2n) is 8.31. The van der Waals surface area contributed by atoms with E-state index in [-0.39, 0.29) is 11.8 Å². The molecule has 1 aliphatic heterocycles. The third-order valence-electron chi connectivity index (χ3n) is 5.77. The molecule has 2 aromatic carbocycles. The highest BCUT2D eigenvalue weighted by Gasteiger charge is 2.26. The predicted molar refractivity (Wildman–Crippen MR) is 131 cm³/mol. The Balaban J connectivity index is 1.35. The molecule has 1 aromatic heterocycles. The maximum absolute atomic E-state index is 12.8. The van der Waals surface area contributed by atoms with E-state index in [4.69, 9.17) is 4.74 Å². The molecular formula is C26H31N5O2. The van der Waals surface area contributed by atoms with E-state index in [1.54, 1.807) is 6.20 Å². The van der Waals surface area contributed by atoms with Crippen LogP contribution in [0.5, 0.6) is 5.75 Å². The minimum Gasteiger partial charge on any atom is -0.494 e. The van der Waals surface area contributed by atoms with Gasteiger partial charge < -0.3 is 20.3 Å². The summed E-state index contributed by atoms with van der Waals surface area (Å²) in [5.41, 5.74) is 3.22. The first kappa shape index (κ1) is 22.6. The number of piperidine rings is 1. The molecule has 172 valence electrons. The van der Waals surface area contributed by atoms with Gasteiger partial charge in [0.25, 0.3) is 0 Å². The lowest BCUT2D eigenvalue weighted by molar-refractivity contribution is -0.125. The number of ether oxygens (including phenoxy) is 1. The zero-order chi connectivity index (χ0) is 23.0. The van der Waals surface area contributed by atoms with Gasteiger partial charge in [0.15, 0.2) is 0 Å². The molecular weight excluding hydrogens is 414 g/mol. The van der Waals surface area contributed by atoms with Crippen molar-refractivity contribution >= 4 is 23.4 Å². The molecule has 1 atom stereocenters. The minimum absolute atomic E-state index is 0.0540.